The van der Waals surface area contributed by atoms with Gasteiger partial charge in [-0.25, -0.2) is 4.98 Å². The Labute approximate surface area is 170 Å². The molecule has 0 spiro atoms. The van der Waals surface area contributed by atoms with E-state index in [0.717, 1.165) is 29.9 Å². The maximum atomic E-state index is 12.1. The number of rotatable bonds is 6. The molecule has 1 N–H and O–H groups in total. The summed E-state index contributed by atoms with van der Waals surface area (Å²) in [6.45, 7) is 5.19. The maximum Gasteiger partial charge on any atom is 0.236 e. The Kier molecular flexibility index (Phi) is 5.60. The SMILES string of the molecule is CCn1c(SCC(=O)Nc2nccs2)nnc1-c1csc2c1CCC(C)C2. The predicted molar refractivity (Wildman–Crippen MR) is 112 cm³/mol. The summed E-state index contributed by atoms with van der Waals surface area (Å²) in [5, 5.41) is 17.1. The van der Waals surface area contributed by atoms with Gasteiger partial charge in [0.15, 0.2) is 16.1 Å². The lowest BCUT2D eigenvalue weighted by Crippen LogP contribution is -2.14. The first kappa shape index (κ1) is 18.6. The molecule has 0 radical (unpaired) electrons. The zero-order chi connectivity index (χ0) is 18.8. The summed E-state index contributed by atoms with van der Waals surface area (Å²) in [6, 6.07) is 0. The minimum atomic E-state index is -0.0796. The van der Waals surface area contributed by atoms with Crippen molar-refractivity contribution in [3.63, 3.8) is 0 Å². The highest BCUT2D eigenvalue weighted by Crippen LogP contribution is 2.38. The molecule has 27 heavy (non-hydrogen) atoms. The van der Waals surface area contributed by atoms with E-state index in [4.69, 9.17) is 0 Å². The zero-order valence-electron chi connectivity index (χ0n) is 15.3. The van der Waals surface area contributed by atoms with Crippen molar-refractivity contribution in [1.29, 1.82) is 0 Å². The molecule has 0 aliphatic heterocycles. The van der Waals surface area contributed by atoms with Gasteiger partial charge < -0.3 is 9.88 Å². The largest absolute Gasteiger partial charge is 0.302 e. The van der Waals surface area contributed by atoms with E-state index < -0.39 is 0 Å². The number of hydrogen-bond donors (Lipinski definition) is 1. The lowest BCUT2D eigenvalue weighted by atomic mass is 9.88. The molecule has 0 saturated heterocycles. The molecule has 4 rings (SSSR count). The summed E-state index contributed by atoms with van der Waals surface area (Å²) in [5.41, 5.74) is 2.66. The molecule has 3 aromatic heterocycles. The first-order valence-electron chi connectivity index (χ1n) is 9.00. The van der Waals surface area contributed by atoms with E-state index in [0.29, 0.717) is 5.13 Å². The van der Waals surface area contributed by atoms with Crippen LogP contribution in [-0.2, 0) is 24.2 Å². The fourth-order valence-corrected chi connectivity index (χ4v) is 5.91. The van der Waals surface area contributed by atoms with Crippen molar-refractivity contribution in [3.8, 4) is 11.4 Å². The minimum absolute atomic E-state index is 0.0796. The van der Waals surface area contributed by atoms with Gasteiger partial charge in [0.1, 0.15) is 0 Å². The van der Waals surface area contributed by atoms with Gasteiger partial charge in [-0.2, -0.15) is 0 Å². The molecule has 0 fully saturated rings. The second-order valence-corrected chi connectivity index (χ2v) is 9.42. The van der Waals surface area contributed by atoms with Crippen LogP contribution in [0.15, 0.2) is 22.1 Å². The van der Waals surface area contributed by atoms with Gasteiger partial charge in [0, 0.05) is 33.9 Å². The Morgan fingerprint density at radius 1 is 1.41 bits per heavy atom. The van der Waals surface area contributed by atoms with Crippen molar-refractivity contribution in [2.24, 2.45) is 5.92 Å². The van der Waals surface area contributed by atoms with Crippen molar-refractivity contribution in [3.05, 3.63) is 27.4 Å². The number of fused-ring (bicyclic) bond motifs is 1. The predicted octanol–water partition coefficient (Wildman–Crippen LogP) is 4.34. The summed E-state index contributed by atoms with van der Waals surface area (Å²) < 4.78 is 2.11. The third-order valence-electron chi connectivity index (χ3n) is 4.69. The molecule has 6 nitrogen and oxygen atoms in total. The Hall–Kier alpha value is -1.71. The van der Waals surface area contributed by atoms with Crippen LogP contribution < -0.4 is 5.32 Å². The number of thiazole rings is 1. The number of thiophene rings is 1. The maximum absolute atomic E-state index is 12.1. The van der Waals surface area contributed by atoms with E-state index in [-0.39, 0.29) is 11.7 Å². The van der Waals surface area contributed by atoms with Crippen molar-refractivity contribution in [1.82, 2.24) is 19.7 Å². The molecule has 3 aromatic rings. The fraction of sp³-hybridized carbons (Fsp3) is 0.444. The second kappa shape index (κ2) is 8.12. The quantitative estimate of drug-likeness (QED) is 0.602. The van der Waals surface area contributed by atoms with Gasteiger partial charge >= 0.3 is 0 Å². The van der Waals surface area contributed by atoms with E-state index in [1.54, 1.807) is 6.20 Å². The normalized spacial score (nSPS) is 16.3. The molecule has 0 bridgehead atoms. The van der Waals surface area contributed by atoms with Crippen molar-refractivity contribution < 1.29 is 4.79 Å². The van der Waals surface area contributed by atoms with Gasteiger partial charge in [0.25, 0.3) is 0 Å². The summed E-state index contributed by atoms with van der Waals surface area (Å²) in [4.78, 5) is 17.7. The van der Waals surface area contributed by atoms with Crippen LogP contribution in [0.3, 0.4) is 0 Å². The Bertz CT molecular complexity index is 931. The number of carbonyl (C=O) groups is 1. The first-order chi connectivity index (χ1) is 13.2. The van der Waals surface area contributed by atoms with Crippen LogP contribution in [0.5, 0.6) is 0 Å². The van der Waals surface area contributed by atoms with Crippen LogP contribution in [0.2, 0.25) is 0 Å². The molecule has 1 unspecified atom stereocenters. The summed E-state index contributed by atoms with van der Waals surface area (Å²) in [7, 11) is 0. The standard InChI is InChI=1S/C18H21N5OS3/c1-3-23-16(13-9-26-14-8-11(2)4-5-12(13)14)21-22-18(23)27-10-15(24)20-17-19-6-7-25-17/h6-7,9,11H,3-5,8,10H2,1-2H3,(H,19,20,24). The molecule has 1 aliphatic rings. The minimum Gasteiger partial charge on any atom is -0.302 e. The van der Waals surface area contributed by atoms with Gasteiger partial charge in [-0.1, -0.05) is 18.7 Å². The zero-order valence-corrected chi connectivity index (χ0v) is 17.7. The fourth-order valence-electron chi connectivity index (χ4n) is 3.32. The first-order valence-corrected chi connectivity index (χ1v) is 11.7. The average Bonchev–Trinajstić information content (AvgIpc) is 3.38. The highest BCUT2D eigenvalue weighted by molar-refractivity contribution is 7.99. The highest BCUT2D eigenvalue weighted by atomic mass is 32.2. The van der Waals surface area contributed by atoms with Crippen molar-refractivity contribution in [2.45, 2.75) is 44.8 Å². The molecule has 9 heteroatoms. The number of nitrogens with one attached hydrogen (secondary N) is 1. The van der Waals surface area contributed by atoms with Crippen LogP contribution in [-0.4, -0.2) is 31.4 Å². The molecule has 1 amide bonds. The summed E-state index contributed by atoms with van der Waals surface area (Å²) in [5.74, 6) is 1.89. The Morgan fingerprint density at radius 3 is 3.07 bits per heavy atom. The van der Waals surface area contributed by atoms with Crippen LogP contribution in [0.1, 0.15) is 30.7 Å². The molecule has 0 aromatic carbocycles. The van der Waals surface area contributed by atoms with Gasteiger partial charge in [0.05, 0.1) is 5.75 Å². The van der Waals surface area contributed by atoms with Crippen LogP contribution >= 0.6 is 34.4 Å². The third kappa shape index (κ3) is 3.95. The topological polar surface area (TPSA) is 72.7 Å². The number of carbonyl (C=O) groups excluding carboxylic acids is 1. The molecule has 1 aliphatic carbocycles. The van der Waals surface area contributed by atoms with Gasteiger partial charge in [0.2, 0.25) is 5.91 Å². The number of amides is 1. The van der Waals surface area contributed by atoms with Crippen LogP contribution in [0.4, 0.5) is 5.13 Å². The van der Waals surface area contributed by atoms with E-state index in [1.807, 2.05) is 16.7 Å². The molecule has 142 valence electrons. The number of nitrogens with zero attached hydrogens (tertiary/aromatic N) is 4. The lowest BCUT2D eigenvalue weighted by molar-refractivity contribution is -0.113. The molecule has 1 atom stereocenters. The molecular formula is C18H21N5OS3. The number of aromatic nitrogens is 4. The number of thioether (sulfide) groups is 1. The molecule has 0 saturated carbocycles. The van der Waals surface area contributed by atoms with Crippen molar-refractivity contribution in [2.75, 3.05) is 11.1 Å². The van der Waals surface area contributed by atoms with Gasteiger partial charge in [-0.15, -0.1) is 32.9 Å². The summed E-state index contributed by atoms with van der Waals surface area (Å²) >= 11 is 4.67. The Balaban J connectivity index is 1.50. The van der Waals surface area contributed by atoms with Crippen LogP contribution in [0, 0.1) is 5.92 Å². The van der Waals surface area contributed by atoms with Crippen LogP contribution in [0.25, 0.3) is 11.4 Å². The third-order valence-corrected chi connectivity index (χ3v) is 7.39. The number of anilines is 1. The molecule has 3 heterocycles. The molecular weight excluding hydrogens is 398 g/mol. The van der Waals surface area contributed by atoms with E-state index in [9.17, 15) is 4.79 Å². The van der Waals surface area contributed by atoms with E-state index >= 15 is 0 Å². The highest BCUT2D eigenvalue weighted by Gasteiger charge is 2.24. The number of hydrogen-bond acceptors (Lipinski definition) is 7. The second-order valence-electron chi connectivity index (χ2n) is 6.62. The Morgan fingerprint density at radius 2 is 2.30 bits per heavy atom. The van der Waals surface area contributed by atoms with Crippen molar-refractivity contribution >= 4 is 45.5 Å². The van der Waals surface area contributed by atoms with Gasteiger partial charge in [-0.05, 0) is 37.7 Å². The monoisotopic (exact) mass is 419 g/mol. The summed E-state index contributed by atoms with van der Waals surface area (Å²) in [6.07, 6.45) is 5.19. The average molecular weight is 420 g/mol. The lowest BCUT2D eigenvalue weighted by Gasteiger charge is -2.19. The van der Waals surface area contributed by atoms with E-state index in [1.165, 1.54) is 51.9 Å². The van der Waals surface area contributed by atoms with E-state index in [2.05, 4.69) is 44.3 Å². The van der Waals surface area contributed by atoms with Gasteiger partial charge in [-0.3, -0.25) is 4.79 Å². The smallest absolute Gasteiger partial charge is 0.236 e.